The van der Waals surface area contributed by atoms with E-state index in [-0.39, 0.29) is 0 Å². The van der Waals surface area contributed by atoms with Crippen LogP contribution in [0.15, 0.2) is 24.5 Å². The van der Waals surface area contributed by atoms with Crippen LogP contribution < -0.4 is 5.73 Å². The third-order valence-electron chi connectivity index (χ3n) is 0.946. The van der Waals surface area contributed by atoms with Crippen LogP contribution in [0.5, 0.6) is 0 Å². The average Bonchev–Trinajstić information content (AvgIpc) is 2.00. The Hall–Kier alpha value is -0.830. The molecule has 0 saturated heterocycles. The van der Waals surface area contributed by atoms with Gasteiger partial charge in [0.1, 0.15) is 0 Å². The van der Waals surface area contributed by atoms with E-state index in [0.717, 1.165) is 0 Å². The van der Waals surface area contributed by atoms with E-state index in [0.29, 0.717) is 5.56 Å². The molecule has 1 heterocycles. The molecule has 1 aromatic heterocycles. The summed E-state index contributed by atoms with van der Waals surface area (Å²) in [4.78, 5) is 14.1. The predicted octanol–water partition coefficient (Wildman–Crippen LogP) is -3.54. The molecule has 94 valence electrons. The predicted molar refractivity (Wildman–Crippen MR) is 51.8 cm³/mol. The molecule has 9 nitrogen and oxygen atoms in total. The Balaban J connectivity index is 0.000000293. The van der Waals surface area contributed by atoms with Gasteiger partial charge in [-0.3, -0.25) is 9.78 Å². The standard InChI is InChI=1S/C6H6N2O.H6O6Te/c7-6(9)5-2-1-3-8-4-5;1-7(2,3,4,5)6/h1-4H,(H2,7,9);1-6H. The van der Waals surface area contributed by atoms with Crippen molar-refractivity contribution in [2.75, 3.05) is 0 Å². The Morgan fingerprint density at radius 3 is 1.81 bits per heavy atom. The van der Waals surface area contributed by atoms with E-state index in [9.17, 15) is 4.79 Å². The molecular formula is C6H12N2O7Te. The van der Waals surface area contributed by atoms with Gasteiger partial charge in [0.05, 0.1) is 5.56 Å². The normalized spacial score (nSPS) is 15.1. The molecule has 0 spiro atoms. The molecule has 1 aromatic rings. The zero-order valence-electron chi connectivity index (χ0n) is 7.83. The molecule has 0 unspecified atom stereocenters. The molecule has 8 N–H and O–H groups in total. The number of pyridine rings is 1. The first-order valence-electron chi connectivity index (χ1n) is 3.60. The van der Waals surface area contributed by atoms with Gasteiger partial charge in [-0.2, -0.15) is 0 Å². The van der Waals surface area contributed by atoms with Gasteiger partial charge < -0.3 is 5.73 Å². The van der Waals surface area contributed by atoms with Gasteiger partial charge in [0.2, 0.25) is 5.91 Å². The third-order valence-corrected chi connectivity index (χ3v) is 0.946. The summed E-state index contributed by atoms with van der Waals surface area (Å²) >= 11 is -8.18. The summed E-state index contributed by atoms with van der Waals surface area (Å²) in [6.45, 7) is 0. The summed E-state index contributed by atoms with van der Waals surface area (Å²) < 4.78 is 44.5. The molecule has 10 heteroatoms. The molecule has 16 heavy (non-hydrogen) atoms. The van der Waals surface area contributed by atoms with Crippen LogP contribution in [0.3, 0.4) is 0 Å². The molecule has 0 aliphatic rings. The minimum atomic E-state index is -8.18. The van der Waals surface area contributed by atoms with Gasteiger partial charge in [0, 0.05) is 12.4 Å². The summed E-state index contributed by atoms with van der Waals surface area (Å²) in [6, 6.07) is 3.29. The average molecular weight is 352 g/mol. The fourth-order valence-electron chi connectivity index (χ4n) is 0.509. The SMILES string of the molecule is NC(=O)c1cccnc1.O[Te](O)(O)(O)(O)O. The van der Waals surface area contributed by atoms with Crippen LogP contribution in [0, 0.1) is 0 Å². The van der Waals surface area contributed by atoms with Gasteiger partial charge in [0.15, 0.2) is 0 Å². The van der Waals surface area contributed by atoms with E-state index >= 15 is 0 Å². The second-order valence-electron chi connectivity index (χ2n) is 2.83. The molecule has 0 saturated carbocycles. The second-order valence-corrected chi connectivity index (χ2v) is 9.82. The third kappa shape index (κ3) is 15.6. The maximum absolute atomic E-state index is 10.4. The van der Waals surface area contributed by atoms with Crippen LogP contribution in [0.1, 0.15) is 10.4 Å². The van der Waals surface area contributed by atoms with E-state index in [1.165, 1.54) is 6.20 Å². The van der Waals surface area contributed by atoms with Crippen molar-refractivity contribution in [2.45, 2.75) is 0 Å². The Morgan fingerprint density at radius 2 is 1.62 bits per heavy atom. The minimum absolute atomic E-state index is 0.442. The monoisotopic (exact) mass is 354 g/mol. The van der Waals surface area contributed by atoms with Crippen LogP contribution in [0.4, 0.5) is 0 Å². The topological polar surface area (TPSA) is 177 Å². The molecule has 0 aliphatic heterocycles. The first-order chi connectivity index (χ1) is 6.75. The van der Waals surface area contributed by atoms with Crippen molar-refractivity contribution in [1.82, 2.24) is 4.98 Å². The first-order valence-corrected chi connectivity index (χ1v) is 9.85. The van der Waals surface area contributed by atoms with Gasteiger partial charge in [0.25, 0.3) is 0 Å². The number of carbonyl (C=O) groups excluding carboxylic acids is 1. The Labute approximate surface area is 90.5 Å². The van der Waals surface area contributed by atoms with E-state index in [1.807, 2.05) is 0 Å². The number of carbonyl (C=O) groups is 1. The van der Waals surface area contributed by atoms with Crippen LogP contribution in [0.2, 0.25) is 0 Å². The Kier molecular flexibility index (Phi) is 3.68. The molecule has 0 atom stereocenters. The molecule has 0 bridgehead atoms. The Bertz CT molecular complexity index is 358. The molecule has 0 fully saturated rings. The van der Waals surface area contributed by atoms with E-state index in [4.69, 9.17) is 26.6 Å². The van der Waals surface area contributed by atoms with Gasteiger partial charge >= 0.3 is 38.7 Å². The van der Waals surface area contributed by atoms with Gasteiger partial charge in [-0.25, -0.2) is 0 Å². The Morgan fingerprint density at radius 1 is 1.19 bits per heavy atom. The summed E-state index contributed by atoms with van der Waals surface area (Å²) in [5.74, 6) is -0.442. The number of primary amides is 1. The van der Waals surface area contributed by atoms with Crippen molar-refractivity contribution in [3.05, 3.63) is 30.1 Å². The fourth-order valence-corrected chi connectivity index (χ4v) is 0.509. The van der Waals surface area contributed by atoms with E-state index in [1.54, 1.807) is 18.3 Å². The number of amides is 1. The van der Waals surface area contributed by atoms with Crippen LogP contribution in [0.25, 0.3) is 0 Å². The zero-order chi connectivity index (χ0) is 13.1. The number of nitrogens with zero attached hydrogens (tertiary/aromatic N) is 1. The zero-order valence-corrected chi connectivity index (χ0v) is 10.2. The first kappa shape index (κ1) is 15.2. The van der Waals surface area contributed by atoms with Crippen molar-refractivity contribution in [2.24, 2.45) is 5.73 Å². The molecule has 1 rings (SSSR count). The molecule has 0 aromatic carbocycles. The van der Waals surface area contributed by atoms with Gasteiger partial charge in [-0.05, 0) is 12.1 Å². The van der Waals surface area contributed by atoms with Crippen LogP contribution in [-0.4, -0.2) is 49.6 Å². The van der Waals surface area contributed by atoms with E-state index in [2.05, 4.69) is 4.98 Å². The summed E-state index contributed by atoms with van der Waals surface area (Å²) in [5, 5.41) is 0. The maximum atomic E-state index is 10.4. The fraction of sp³-hybridized carbons (Fsp3) is 0. The number of hydrogen-bond donors (Lipinski definition) is 7. The molecular weight excluding hydrogens is 340 g/mol. The number of hydrogen-bond acceptors (Lipinski definition) is 8. The van der Waals surface area contributed by atoms with Crippen molar-refractivity contribution in [3.8, 4) is 0 Å². The number of rotatable bonds is 1. The second kappa shape index (κ2) is 3.88. The molecule has 0 radical (unpaired) electrons. The van der Waals surface area contributed by atoms with Crippen LogP contribution >= 0.6 is 0 Å². The van der Waals surface area contributed by atoms with Crippen LogP contribution in [-0.2, 0) is 0 Å². The summed E-state index contributed by atoms with van der Waals surface area (Å²) in [6.07, 6.45) is 3.02. The van der Waals surface area contributed by atoms with E-state index < -0.39 is 23.8 Å². The number of aromatic nitrogens is 1. The summed E-state index contributed by atoms with van der Waals surface area (Å²) in [5.41, 5.74) is 5.38. The van der Waals surface area contributed by atoms with Crippen molar-refractivity contribution >= 4 is 23.8 Å². The summed E-state index contributed by atoms with van der Waals surface area (Å²) in [7, 11) is 0. The van der Waals surface area contributed by atoms with Crippen molar-refractivity contribution < 1.29 is 25.6 Å². The van der Waals surface area contributed by atoms with Gasteiger partial charge in [-0.1, -0.05) is 0 Å². The van der Waals surface area contributed by atoms with Crippen molar-refractivity contribution in [3.63, 3.8) is 0 Å². The molecule has 0 aliphatic carbocycles. The molecule has 1 amide bonds. The quantitative estimate of drug-likeness (QED) is 0.254. The number of nitrogens with two attached hydrogens (primary N) is 1. The van der Waals surface area contributed by atoms with Crippen molar-refractivity contribution in [1.29, 1.82) is 0 Å². The van der Waals surface area contributed by atoms with Gasteiger partial charge in [-0.15, -0.1) is 0 Å².